The van der Waals surface area contributed by atoms with Crippen molar-refractivity contribution in [1.29, 1.82) is 0 Å². The maximum absolute atomic E-state index is 11.5. The van der Waals surface area contributed by atoms with E-state index in [0.717, 1.165) is 16.8 Å². The van der Waals surface area contributed by atoms with E-state index in [1.165, 1.54) is 0 Å². The first-order chi connectivity index (χ1) is 7.61. The highest BCUT2D eigenvalue weighted by molar-refractivity contribution is 6.18. The van der Waals surface area contributed by atoms with Crippen LogP contribution in [0.1, 0.15) is 11.1 Å². The molecular weight excluding hydrogens is 226 g/mol. The summed E-state index contributed by atoms with van der Waals surface area (Å²) in [6.45, 7) is 0. The number of hydrogen-bond acceptors (Lipinski definition) is 2. The van der Waals surface area contributed by atoms with Crippen LogP contribution in [-0.2, 0) is 17.6 Å². The highest BCUT2D eigenvalue weighted by Crippen LogP contribution is 2.28. The predicted molar refractivity (Wildman–Crippen MR) is 64.0 cm³/mol. The van der Waals surface area contributed by atoms with Gasteiger partial charge in [-0.15, -0.1) is 11.6 Å². The average Bonchev–Trinajstić information content (AvgIpc) is 2.54. The predicted octanol–water partition coefficient (Wildman–Crippen LogP) is 1.35. The number of likely N-dealkylation sites (N-methyl/N-ethyl adjacent to an activating group) is 1. The summed E-state index contributed by atoms with van der Waals surface area (Å²) in [6.07, 6.45) is 0.472. The summed E-state index contributed by atoms with van der Waals surface area (Å²) < 4.78 is 0. The molecule has 1 unspecified atom stereocenters. The molecule has 0 bridgehead atoms. The minimum absolute atomic E-state index is 0.116. The Kier molecular flexibility index (Phi) is 3.17. The Bertz CT molecular complexity index is 419. The normalized spacial score (nSPS) is 16.4. The molecule has 1 N–H and O–H groups in total. The Morgan fingerprint density at radius 1 is 1.56 bits per heavy atom. The quantitative estimate of drug-likeness (QED) is 0.809. The van der Waals surface area contributed by atoms with Gasteiger partial charge in [-0.05, 0) is 23.6 Å². The zero-order chi connectivity index (χ0) is 11.7. The van der Waals surface area contributed by atoms with Gasteiger partial charge in [0.15, 0.2) is 0 Å². The summed E-state index contributed by atoms with van der Waals surface area (Å²) in [6, 6.07) is 5.84. The van der Waals surface area contributed by atoms with Gasteiger partial charge in [0.2, 0.25) is 5.91 Å². The molecule has 0 aliphatic carbocycles. The van der Waals surface area contributed by atoms with Crippen LogP contribution in [0.2, 0.25) is 0 Å². The van der Waals surface area contributed by atoms with E-state index in [0.29, 0.717) is 12.8 Å². The number of aliphatic hydroxyl groups excluding tert-OH is 1. The number of hydrogen-bond donors (Lipinski definition) is 1. The molecule has 0 fully saturated rings. The zero-order valence-corrected chi connectivity index (χ0v) is 9.87. The van der Waals surface area contributed by atoms with Crippen molar-refractivity contribution in [2.45, 2.75) is 18.9 Å². The number of nitrogens with zero attached hydrogens (tertiary/aromatic N) is 1. The van der Waals surface area contributed by atoms with Crippen molar-refractivity contribution in [3.8, 4) is 0 Å². The molecule has 86 valence electrons. The first kappa shape index (κ1) is 11.4. The zero-order valence-electron chi connectivity index (χ0n) is 9.11. The molecule has 1 aromatic rings. The number of carbonyl (C=O) groups is 1. The summed E-state index contributed by atoms with van der Waals surface area (Å²) in [4.78, 5) is 13.1. The van der Waals surface area contributed by atoms with E-state index in [1.54, 1.807) is 11.9 Å². The Hall–Kier alpha value is -1.06. The van der Waals surface area contributed by atoms with Crippen LogP contribution in [0.25, 0.3) is 0 Å². The van der Waals surface area contributed by atoms with Crippen LogP contribution in [-0.4, -0.2) is 30.0 Å². The van der Waals surface area contributed by atoms with Crippen molar-refractivity contribution in [2.24, 2.45) is 0 Å². The van der Waals surface area contributed by atoms with Crippen LogP contribution in [0.4, 0.5) is 5.69 Å². The third-order valence-electron chi connectivity index (χ3n) is 2.87. The SMILES string of the molecule is CN1C(=O)Cc2cc(CC(O)CCl)ccc21. The van der Waals surface area contributed by atoms with Crippen LogP contribution in [0.3, 0.4) is 0 Å². The van der Waals surface area contributed by atoms with E-state index in [-0.39, 0.29) is 11.8 Å². The van der Waals surface area contributed by atoms with Gasteiger partial charge in [0.05, 0.1) is 12.5 Å². The summed E-state index contributed by atoms with van der Waals surface area (Å²) in [7, 11) is 1.78. The molecule has 0 spiro atoms. The van der Waals surface area contributed by atoms with Crippen molar-refractivity contribution in [2.75, 3.05) is 17.8 Å². The maximum Gasteiger partial charge on any atom is 0.231 e. The second-order valence-electron chi connectivity index (χ2n) is 4.10. The van der Waals surface area contributed by atoms with Gasteiger partial charge in [-0.2, -0.15) is 0 Å². The van der Waals surface area contributed by atoms with Gasteiger partial charge in [0.25, 0.3) is 0 Å². The average molecular weight is 240 g/mol. The second-order valence-corrected chi connectivity index (χ2v) is 4.41. The first-order valence-electron chi connectivity index (χ1n) is 5.24. The number of aliphatic hydroxyl groups is 1. The molecular formula is C12H14ClNO2. The van der Waals surface area contributed by atoms with Crippen molar-refractivity contribution < 1.29 is 9.90 Å². The van der Waals surface area contributed by atoms with Gasteiger partial charge in [0, 0.05) is 18.6 Å². The fraction of sp³-hybridized carbons (Fsp3) is 0.417. The Morgan fingerprint density at radius 2 is 2.31 bits per heavy atom. The second kappa shape index (κ2) is 4.44. The van der Waals surface area contributed by atoms with Gasteiger partial charge < -0.3 is 10.0 Å². The van der Waals surface area contributed by atoms with Gasteiger partial charge in [0.1, 0.15) is 0 Å². The largest absolute Gasteiger partial charge is 0.392 e. The summed E-state index contributed by atoms with van der Waals surface area (Å²) in [5.41, 5.74) is 3.02. The van der Waals surface area contributed by atoms with E-state index in [2.05, 4.69) is 0 Å². The van der Waals surface area contributed by atoms with Crippen molar-refractivity contribution in [1.82, 2.24) is 0 Å². The molecule has 16 heavy (non-hydrogen) atoms. The van der Waals surface area contributed by atoms with Crippen LogP contribution >= 0.6 is 11.6 Å². The molecule has 1 amide bonds. The maximum atomic E-state index is 11.5. The number of benzene rings is 1. The van der Waals surface area contributed by atoms with E-state index < -0.39 is 6.10 Å². The van der Waals surface area contributed by atoms with E-state index in [1.807, 2.05) is 18.2 Å². The highest BCUT2D eigenvalue weighted by Gasteiger charge is 2.23. The van der Waals surface area contributed by atoms with Gasteiger partial charge in [-0.25, -0.2) is 0 Å². The molecule has 1 aromatic carbocycles. The molecule has 1 atom stereocenters. The molecule has 0 saturated heterocycles. The lowest BCUT2D eigenvalue weighted by molar-refractivity contribution is -0.117. The number of anilines is 1. The number of fused-ring (bicyclic) bond motifs is 1. The lowest BCUT2D eigenvalue weighted by Gasteiger charge is -2.11. The number of alkyl halides is 1. The third kappa shape index (κ3) is 2.06. The minimum atomic E-state index is -0.519. The molecule has 2 rings (SSSR count). The van der Waals surface area contributed by atoms with Gasteiger partial charge in [-0.3, -0.25) is 4.79 Å². The van der Waals surface area contributed by atoms with Crippen molar-refractivity contribution in [3.63, 3.8) is 0 Å². The summed E-state index contributed by atoms with van der Waals surface area (Å²) in [5, 5.41) is 9.45. The molecule has 1 heterocycles. The molecule has 0 saturated carbocycles. The fourth-order valence-electron chi connectivity index (χ4n) is 1.98. The van der Waals surface area contributed by atoms with Crippen LogP contribution in [0.15, 0.2) is 18.2 Å². The molecule has 1 aliphatic heterocycles. The fourth-order valence-corrected chi connectivity index (χ4v) is 2.09. The van der Waals surface area contributed by atoms with E-state index in [9.17, 15) is 9.90 Å². The topological polar surface area (TPSA) is 40.5 Å². The first-order valence-corrected chi connectivity index (χ1v) is 5.77. The number of rotatable bonds is 3. The summed E-state index contributed by atoms with van der Waals surface area (Å²) >= 11 is 5.55. The van der Waals surface area contributed by atoms with Gasteiger partial charge >= 0.3 is 0 Å². The van der Waals surface area contributed by atoms with Crippen molar-refractivity contribution >= 4 is 23.2 Å². The monoisotopic (exact) mass is 239 g/mol. The number of halogens is 1. The molecule has 4 heteroatoms. The van der Waals surface area contributed by atoms with Crippen LogP contribution in [0.5, 0.6) is 0 Å². The lowest BCUT2D eigenvalue weighted by atomic mass is 10.0. The number of amides is 1. The molecule has 3 nitrogen and oxygen atoms in total. The Morgan fingerprint density at radius 3 is 3.00 bits per heavy atom. The van der Waals surface area contributed by atoms with Gasteiger partial charge in [-0.1, -0.05) is 12.1 Å². The standard InChI is InChI=1S/C12H14ClNO2/c1-14-11-3-2-8(5-10(15)7-13)4-9(11)6-12(14)16/h2-4,10,15H,5-7H2,1H3. The molecule has 1 aliphatic rings. The Labute approximate surface area is 99.6 Å². The van der Waals surface area contributed by atoms with Crippen LogP contribution < -0.4 is 4.90 Å². The third-order valence-corrected chi connectivity index (χ3v) is 3.23. The number of carbonyl (C=O) groups excluding carboxylic acids is 1. The molecule has 0 radical (unpaired) electrons. The van der Waals surface area contributed by atoms with E-state index >= 15 is 0 Å². The van der Waals surface area contributed by atoms with Crippen LogP contribution in [0, 0.1) is 0 Å². The van der Waals surface area contributed by atoms with E-state index in [4.69, 9.17) is 11.6 Å². The summed E-state index contributed by atoms with van der Waals surface area (Å²) in [5.74, 6) is 0.348. The Balaban J connectivity index is 2.22. The minimum Gasteiger partial charge on any atom is -0.392 e. The lowest BCUT2D eigenvalue weighted by Crippen LogP contribution is -2.20. The highest BCUT2D eigenvalue weighted by atomic mass is 35.5. The molecule has 0 aromatic heterocycles. The van der Waals surface area contributed by atoms with Crippen molar-refractivity contribution in [3.05, 3.63) is 29.3 Å². The smallest absolute Gasteiger partial charge is 0.231 e.